The zero-order valence-electron chi connectivity index (χ0n) is 16.4. The van der Waals surface area contributed by atoms with Gasteiger partial charge in [0.2, 0.25) is 11.8 Å². The molecule has 0 saturated carbocycles. The quantitative estimate of drug-likeness (QED) is 0.803. The van der Waals surface area contributed by atoms with Gasteiger partial charge in [-0.1, -0.05) is 49.3 Å². The van der Waals surface area contributed by atoms with E-state index in [4.69, 9.17) is 4.52 Å². The second-order valence-corrected chi connectivity index (χ2v) is 7.39. The van der Waals surface area contributed by atoms with E-state index in [0.717, 1.165) is 37.6 Å². The molecule has 2 aromatic rings. The van der Waals surface area contributed by atoms with Gasteiger partial charge >= 0.3 is 0 Å². The van der Waals surface area contributed by atoms with Crippen molar-refractivity contribution in [3.05, 3.63) is 47.6 Å². The number of nitrogens with zero attached hydrogens (tertiary/aromatic N) is 4. The van der Waals surface area contributed by atoms with Gasteiger partial charge in [0, 0.05) is 38.6 Å². The van der Waals surface area contributed by atoms with Gasteiger partial charge in [-0.25, -0.2) is 0 Å². The van der Waals surface area contributed by atoms with E-state index in [0.29, 0.717) is 19.0 Å². The Hall–Kier alpha value is -2.25. The summed E-state index contributed by atoms with van der Waals surface area (Å²) in [6, 6.07) is 9.85. The number of hydrogen-bond acceptors (Lipinski definition) is 6. The van der Waals surface area contributed by atoms with Crippen molar-refractivity contribution >= 4 is 5.91 Å². The summed E-state index contributed by atoms with van der Waals surface area (Å²) in [5.74, 6) is 1.77. The van der Waals surface area contributed by atoms with Gasteiger partial charge in [0.25, 0.3) is 0 Å². The Bertz CT molecular complexity index is 723. The molecule has 0 bridgehead atoms. The molecule has 1 aliphatic heterocycles. The Morgan fingerprint density at radius 1 is 1.15 bits per heavy atom. The Morgan fingerprint density at radius 2 is 1.85 bits per heavy atom. The fourth-order valence-electron chi connectivity index (χ4n) is 3.17. The Kier molecular flexibility index (Phi) is 6.58. The van der Waals surface area contributed by atoms with E-state index >= 15 is 0 Å². The predicted octanol–water partition coefficient (Wildman–Crippen LogP) is 2.02. The van der Waals surface area contributed by atoms with Crippen molar-refractivity contribution in [2.24, 2.45) is 0 Å². The van der Waals surface area contributed by atoms with E-state index in [1.54, 1.807) is 0 Å². The summed E-state index contributed by atoms with van der Waals surface area (Å²) < 4.78 is 5.33. The highest BCUT2D eigenvalue weighted by atomic mass is 16.5. The standard InChI is InChI=1S/C20H29N5O2/c1-15(2)19-22-18(27-23-19)14-24-9-11-25(12-10-24)16(3)20(26)21-13-17-7-5-4-6-8-17/h4-8,15-16H,9-14H2,1-3H3,(H,21,26). The summed E-state index contributed by atoms with van der Waals surface area (Å²) in [4.78, 5) is 21.4. The number of amides is 1. The van der Waals surface area contributed by atoms with Crippen LogP contribution in [-0.2, 0) is 17.9 Å². The number of rotatable bonds is 7. The lowest BCUT2D eigenvalue weighted by Crippen LogP contribution is -2.53. The summed E-state index contributed by atoms with van der Waals surface area (Å²) in [5.41, 5.74) is 1.11. The third-order valence-corrected chi connectivity index (χ3v) is 5.00. The second kappa shape index (κ2) is 9.10. The molecule has 1 aliphatic rings. The third-order valence-electron chi connectivity index (χ3n) is 5.00. The maximum absolute atomic E-state index is 12.5. The van der Waals surface area contributed by atoms with Crippen LogP contribution in [-0.4, -0.2) is 58.1 Å². The molecule has 3 rings (SSSR count). The number of hydrogen-bond donors (Lipinski definition) is 1. The summed E-state index contributed by atoms with van der Waals surface area (Å²) >= 11 is 0. The molecule has 0 spiro atoms. The maximum Gasteiger partial charge on any atom is 0.240 e. The van der Waals surface area contributed by atoms with Crippen LogP contribution in [0.4, 0.5) is 0 Å². The van der Waals surface area contributed by atoms with Crippen molar-refractivity contribution in [2.45, 2.75) is 45.8 Å². The van der Waals surface area contributed by atoms with Gasteiger partial charge in [0.05, 0.1) is 12.6 Å². The van der Waals surface area contributed by atoms with Crippen LogP contribution in [0.3, 0.4) is 0 Å². The van der Waals surface area contributed by atoms with Gasteiger partial charge in [-0.3, -0.25) is 14.6 Å². The number of benzene rings is 1. The largest absolute Gasteiger partial charge is 0.351 e. The number of nitrogens with one attached hydrogen (secondary N) is 1. The summed E-state index contributed by atoms with van der Waals surface area (Å²) in [6.07, 6.45) is 0. The molecule has 1 fully saturated rings. The van der Waals surface area contributed by atoms with Crippen LogP contribution in [0.25, 0.3) is 0 Å². The minimum Gasteiger partial charge on any atom is -0.351 e. The zero-order chi connectivity index (χ0) is 19.2. The Balaban J connectivity index is 1.43. The fourth-order valence-corrected chi connectivity index (χ4v) is 3.17. The molecule has 7 nitrogen and oxygen atoms in total. The van der Waals surface area contributed by atoms with Crippen molar-refractivity contribution in [1.82, 2.24) is 25.3 Å². The fraction of sp³-hybridized carbons (Fsp3) is 0.550. The molecule has 0 aliphatic carbocycles. The van der Waals surface area contributed by atoms with Gasteiger partial charge in [-0.15, -0.1) is 0 Å². The molecule has 1 N–H and O–H groups in total. The first-order valence-electron chi connectivity index (χ1n) is 9.63. The molecule has 1 amide bonds. The van der Waals surface area contributed by atoms with Crippen LogP contribution in [0.2, 0.25) is 0 Å². The lowest BCUT2D eigenvalue weighted by atomic mass is 10.2. The van der Waals surface area contributed by atoms with E-state index in [2.05, 4.69) is 39.1 Å². The van der Waals surface area contributed by atoms with E-state index in [-0.39, 0.29) is 17.9 Å². The van der Waals surface area contributed by atoms with E-state index in [9.17, 15) is 4.79 Å². The van der Waals surface area contributed by atoms with Crippen LogP contribution >= 0.6 is 0 Å². The smallest absolute Gasteiger partial charge is 0.240 e. The van der Waals surface area contributed by atoms with Crippen LogP contribution in [0.15, 0.2) is 34.9 Å². The molecular formula is C20H29N5O2. The van der Waals surface area contributed by atoms with Crippen LogP contribution in [0, 0.1) is 0 Å². The number of aromatic nitrogens is 2. The second-order valence-electron chi connectivity index (χ2n) is 7.39. The molecule has 1 aromatic heterocycles. The molecule has 1 atom stereocenters. The van der Waals surface area contributed by atoms with Crippen molar-refractivity contribution < 1.29 is 9.32 Å². The van der Waals surface area contributed by atoms with E-state index in [1.807, 2.05) is 37.3 Å². The molecule has 0 radical (unpaired) electrons. The SMILES string of the molecule is CC(C)c1noc(CN2CCN(C(C)C(=O)NCc3ccccc3)CC2)n1. The first-order chi connectivity index (χ1) is 13.0. The lowest BCUT2D eigenvalue weighted by Gasteiger charge is -2.36. The monoisotopic (exact) mass is 371 g/mol. The normalized spacial score (nSPS) is 17.2. The number of carbonyl (C=O) groups excluding carboxylic acids is 1. The molecule has 1 aromatic carbocycles. The third kappa shape index (κ3) is 5.37. The van der Waals surface area contributed by atoms with Crippen LogP contribution in [0.5, 0.6) is 0 Å². The Morgan fingerprint density at radius 3 is 2.48 bits per heavy atom. The topological polar surface area (TPSA) is 74.5 Å². The summed E-state index contributed by atoms with van der Waals surface area (Å²) in [7, 11) is 0. The molecular weight excluding hydrogens is 342 g/mol. The van der Waals surface area contributed by atoms with Crippen molar-refractivity contribution in [2.75, 3.05) is 26.2 Å². The maximum atomic E-state index is 12.5. The van der Waals surface area contributed by atoms with Crippen molar-refractivity contribution in [3.8, 4) is 0 Å². The van der Waals surface area contributed by atoms with Gasteiger partial charge < -0.3 is 9.84 Å². The highest BCUT2D eigenvalue weighted by molar-refractivity contribution is 5.81. The van der Waals surface area contributed by atoms with Gasteiger partial charge in [-0.05, 0) is 12.5 Å². The summed E-state index contributed by atoms with van der Waals surface area (Å²) in [6.45, 7) is 10.8. The van der Waals surface area contributed by atoms with E-state index in [1.165, 1.54) is 0 Å². The predicted molar refractivity (Wildman–Crippen MR) is 103 cm³/mol. The highest BCUT2D eigenvalue weighted by Gasteiger charge is 2.26. The van der Waals surface area contributed by atoms with Crippen molar-refractivity contribution in [3.63, 3.8) is 0 Å². The molecule has 2 heterocycles. The average molecular weight is 371 g/mol. The minimum atomic E-state index is -0.133. The molecule has 27 heavy (non-hydrogen) atoms. The van der Waals surface area contributed by atoms with Gasteiger partial charge in [0.15, 0.2) is 5.82 Å². The molecule has 1 unspecified atom stereocenters. The molecule has 146 valence electrons. The number of piperazine rings is 1. The lowest BCUT2D eigenvalue weighted by molar-refractivity contribution is -0.126. The first kappa shape index (κ1) is 19.5. The zero-order valence-corrected chi connectivity index (χ0v) is 16.4. The minimum absolute atomic E-state index is 0.0748. The summed E-state index contributed by atoms with van der Waals surface area (Å²) in [5, 5.41) is 7.05. The Labute approximate surface area is 160 Å². The molecule has 7 heteroatoms. The average Bonchev–Trinajstić information content (AvgIpc) is 3.16. The van der Waals surface area contributed by atoms with Gasteiger partial charge in [-0.2, -0.15) is 4.98 Å². The van der Waals surface area contributed by atoms with Crippen LogP contribution in [0.1, 0.15) is 44.0 Å². The number of carbonyl (C=O) groups is 1. The molecule has 1 saturated heterocycles. The van der Waals surface area contributed by atoms with Crippen molar-refractivity contribution in [1.29, 1.82) is 0 Å². The highest BCUT2D eigenvalue weighted by Crippen LogP contribution is 2.13. The van der Waals surface area contributed by atoms with E-state index < -0.39 is 0 Å². The van der Waals surface area contributed by atoms with Crippen LogP contribution < -0.4 is 5.32 Å². The van der Waals surface area contributed by atoms with Gasteiger partial charge in [0.1, 0.15) is 0 Å². The first-order valence-corrected chi connectivity index (χ1v) is 9.63.